The van der Waals surface area contributed by atoms with E-state index in [0.29, 0.717) is 13.0 Å². The van der Waals surface area contributed by atoms with E-state index in [1.54, 1.807) is 0 Å². The maximum atomic E-state index is 12.6. The van der Waals surface area contributed by atoms with Crippen molar-refractivity contribution in [3.05, 3.63) is 35.4 Å². The van der Waals surface area contributed by atoms with Crippen molar-refractivity contribution in [3.8, 4) is 0 Å². The molecule has 22 heavy (non-hydrogen) atoms. The van der Waals surface area contributed by atoms with Gasteiger partial charge in [0.15, 0.2) is 0 Å². The van der Waals surface area contributed by atoms with Crippen LogP contribution in [0, 0.1) is 6.92 Å². The number of amides is 1. The van der Waals surface area contributed by atoms with Crippen LogP contribution in [0.4, 0.5) is 0 Å². The molecule has 5 nitrogen and oxygen atoms in total. The van der Waals surface area contributed by atoms with Gasteiger partial charge in [-0.3, -0.25) is 14.9 Å². The number of carbonyl (C=O) groups excluding carboxylic acids is 2. The van der Waals surface area contributed by atoms with E-state index in [1.807, 2.05) is 52.0 Å². The zero-order valence-electron chi connectivity index (χ0n) is 13.6. The fourth-order valence-electron chi connectivity index (χ4n) is 2.37. The zero-order valence-corrected chi connectivity index (χ0v) is 13.6. The molecule has 1 aromatic carbocycles. The first-order chi connectivity index (χ1) is 10.3. The second-order valence-corrected chi connectivity index (χ2v) is 6.76. The summed E-state index contributed by atoms with van der Waals surface area (Å²) in [5.41, 5.74) is 1.63. The Hall–Kier alpha value is -1.88. The monoisotopic (exact) mass is 304 g/mol. The second-order valence-electron chi connectivity index (χ2n) is 6.76. The van der Waals surface area contributed by atoms with Crippen molar-refractivity contribution in [2.75, 3.05) is 6.61 Å². The van der Waals surface area contributed by atoms with Crippen molar-refractivity contribution < 1.29 is 14.3 Å². The number of esters is 1. The Morgan fingerprint density at radius 2 is 1.91 bits per heavy atom. The van der Waals surface area contributed by atoms with Gasteiger partial charge in [0.25, 0.3) is 0 Å². The van der Waals surface area contributed by atoms with Crippen LogP contribution in [-0.4, -0.2) is 30.1 Å². The Labute approximate surface area is 131 Å². The van der Waals surface area contributed by atoms with E-state index in [0.717, 1.165) is 11.1 Å². The molecule has 1 aliphatic rings. The molecule has 0 bridgehead atoms. The molecule has 0 spiro atoms. The minimum Gasteiger partial charge on any atom is -0.464 e. The molecule has 5 heteroatoms. The van der Waals surface area contributed by atoms with Gasteiger partial charge >= 0.3 is 5.97 Å². The number of ether oxygens (including phenoxy) is 1. The smallest absolute Gasteiger partial charge is 0.323 e. The van der Waals surface area contributed by atoms with Crippen LogP contribution in [0.5, 0.6) is 0 Å². The summed E-state index contributed by atoms with van der Waals surface area (Å²) in [4.78, 5) is 24.3. The minimum absolute atomic E-state index is 0.143. The molecule has 0 radical (unpaired) electrons. The standard InChI is InChI=1S/C17H24N2O3/c1-11-5-7-12(8-6-11)14(15(20)19-17(2,3)4)18-13-9-10-22-16(13)21/h5-8,13-14,18H,9-10H2,1-4H3,(H,19,20)/t13-,14-/m0/s1. The Balaban J connectivity index is 2.21. The van der Waals surface area contributed by atoms with E-state index in [4.69, 9.17) is 4.74 Å². The lowest BCUT2D eigenvalue weighted by atomic mass is 10.0. The molecule has 1 aliphatic heterocycles. The highest BCUT2D eigenvalue weighted by Gasteiger charge is 2.33. The first-order valence-electron chi connectivity index (χ1n) is 7.57. The molecule has 1 amide bonds. The molecule has 0 aromatic heterocycles. The normalized spacial score (nSPS) is 19.6. The van der Waals surface area contributed by atoms with Gasteiger partial charge in [-0.15, -0.1) is 0 Å². The second kappa shape index (κ2) is 6.48. The van der Waals surface area contributed by atoms with E-state index in [2.05, 4.69) is 10.6 Å². The van der Waals surface area contributed by atoms with Crippen LogP contribution in [-0.2, 0) is 14.3 Å². The Morgan fingerprint density at radius 3 is 2.41 bits per heavy atom. The first-order valence-corrected chi connectivity index (χ1v) is 7.57. The molecule has 1 aromatic rings. The molecule has 1 fully saturated rings. The van der Waals surface area contributed by atoms with E-state index in [9.17, 15) is 9.59 Å². The van der Waals surface area contributed by atoms with Gasteiger partial charge in [-0.25, -0.2) is 0 Å². The third-order valence-corrected chi connectivity index (χ3v) is 3.47. The number of nitrogens with one attached hydrogen (secondary N) is 2. The zero-order chi connectivity index (χ0) is 16.3. The summed E-state index contributed by atoms with van der Waals surface area (Å²) in [5, 5.41) is 6.10. The van der Waals surface area contributed by atoms with Crippen LogP contribution < -0.4 is 10.6 Å². The molecule has 0 aliphatic carbocycles. The maximum absolute atomic E-state index is 12.6. The van der Waals surface area contributed by atoms with E-state index >= 15 is 0 Å². The van der Waals surface area contributed by atoms with Crippen molar-refractivity contribution in [1.29, 1.82) is 0 Å². The van der Waals surface area contributed by atoms with E-state index in [-0.39, 0.29) is 17.4 Å². The Kier molecular flexibility index (Phi) is 4.86. The van der Waals surface area contributed by atoms with Crippen LogP contribution in [0.15, 0.2) is 24.3 Å². The third-order valence-electron chi connectivity index (χ3n) is 3.47. The number of hydrogen-bond acceptors (Lipinski definition) is 4. The molecular weight excluding hydrogens is 280 g/mol. The fraction of sp³-hybridized carbons (Fsp3) is 0.529. The van der Waals surface area contributed by atoms with Gasteiger partial charge in [-0.05, 0) is 33.3 Å². The minimum atomic E-state index is -0.574. The summed E-state index contributed by atoms with van der Waals surface area (Å²) in [6, 6.07) is 6.74. The summed E-state index contributed by atoms with van der Waals surface area (Å²) in [5.74, 6) is -0.434. The van der Waals surface area contributed by atoms with Crippen molar-refractivity contribution in [3.63, 3.8) is 0 Å². The summed E-state index contributed by atoms with van der Waals surface area (Å²) in [6.45, 7) is 8.19. The molecular formula is C17H24N2O3. The molecule has 120 valence electrons. The van der Waals surface area contributed by atoms with Crippen molar-refractivity contribution >= 4 is 11.9 Å². The predicted molar refractivity (Wildman–Crippen MR) is 84.3 cm³/mol. The van der Waals surface area contributed by atoms with Gasteiger partial charge < -0.3 is 10.1 Å². The molecule has 1 saturated heterocycles. The van der Waals surface area contributed by atoms with Crippen LogP contribution in [0.2, 0.25) is 0 Å². The Morgan fingerprint density at radius 1 is 1.27 bits per heavy atom. The molecule has 2 atom stereocenters. The van der Waals surface area contributed by atoms with Crippen molar-refractivity contribution in [2.45, 2.75) is 51.7 Å². The van der Waals surface area contributed by atoms with Gasteiger partial charge in [0.1, 0.15) is 12.1 Å². The molecule has 2 N–H and O–H groups in total. The predicted octanol–water partition coefficient (Wildman–Crippen LogP) is 1.86. The van der Waals surface area contributed by atoms with Crippen molar-refractivity contribution in [1.82, 2.24) is 10.6 Å². The highest BCUT2D eigenvalue weighted by molar-refractivity contribution is 5.85. The summed E-state index contributed by atoms with van der Waals surface area (Å²) >= 11 is 0. The SMILES string of the molecule is Cc1ccc([C@H](N[C@H]2CCOC2=O)C(=O)NC(C)(C)C)cc1. The highest BCUT2D eigenvalue weighted by Crippen LogP contribution is 2.19. The average molecular weight is 304 g/mol. The maximum Gasteiger partial charge on any atom is 0.323 e. The van der Waals surface area contributed by atoms with Gasteiger partial charge in [-0.1, -0.05) is 29.8 Å². The average Bonchev–Trinajstić information content (AvgIpc) is 2.80. The third kappa shape index (κ3) is 4.31. The van der Waals surface area contributed by atoms with Gasteiger partial charge in [0, 0.05) is 12.0 Å². The lowest BCUT2D eigenvalue weighted by Gasteiger charge is -2.27. The fourth-order valence-corrected chi connectivity index (χ4v) is 2.37. The largest absolute Gasteiger partial charge is 0.464 e. The molecule has 0 saturated carbocycles. The lowest BCUT2D eigenvalue weighted by molar-refractivity contribution is -0.140. The number of rotatable bonds is 4. The molecule has 1 heterocycles. The van der Waals surface area contributed by atoms with Crippen LogP contribution in [0.3, 0.4) is 0 Å². The highest BCUT2D eigenvalue weighted by atomic mass is 16.5. The van der Waals surface area contributed by atoms with Crippen LogP contribution in [0.1, 0.15) is 44.4 Å². The van der Waals surface area contributed by atoms with E-state index < -0.39 is 12.1 Å². The molecule has 0 unspecified atom stereocenters. The topological polar surface area (TPSA) is 67.4 Å². The lowest BCUT2D eigenvalue weighted by Crippen LogP contribution is -2.49. The quantitative estimate of drug-likeness (QED) is 0.833. The number of benzene rings is 1. The summed E-state index contributed by atoms with van der Waals surface area (Å²) < 4.78 is 4.97. The van der Waals surface area contributed by atoms with Crippen LogP contribution in [0.25, 0.3) is 0 Å². The van der Waals surface area contributed by atoms with Crippen LogP contribution >= 0.6 is 0 Å². The molecule has 2 rings (SSSR count). The number of aryl methyl sites for hydroxylation is 1. The summed E-state index contributed by atoms with van der Waals surface area (Å²) in [7, 11) is 0. The Bertz CT molecular complexity index is 546. The summed E-state index contributed by atoms with van der Waals surface area (Å²) in [6.07, 6.45) is 0.587. The van der Waals surface area contributed by atoms with Crippen molar-refractivity contribution in [2.24, 2.45) is 0 Å². The number of hydrogen-bond donors (Lipinski definition) is 2. The van der Waals surface area contributed by atoms with E-state index in [1.165, 1.54) is 0 Å². The number of carbonyl (C=O) groups is 2. The number of cyclic esters (lactones) is 1. The van der Waals surface area contributed by atoms with Gasteiger partial charge in [0.05, 0.1) is 6.61 Å². The van der Waals surface area contributed by atoms with Gasteiger partial charge in [-0.2, -0.15) is 0 Å². The van der Waals surface area contributed by atoms with Gasteiger partial charge in [0.2, 0.25) is 5.91 Å². The first kappa shape index (κ1) is 16.5.